The average molecular weight is 266 g/mol. The second kappa shape index (κ2) is 4.56. The average Bonchev–Trinajstić information content (AvgIpc) is 2.95. The van der Waals surface area contributed by atoms with Gasteiger partial charge in [0.1, 0.15) is 24.3 Å². The third kappa shape index (κ3) is 1.89. The highest BCUT2D eigenvalue weighted by Crippen LogP contribution is 2.21. The van der Waals surface area contributed by atoms with Crippen molar-refractivity contribution in [1.82, 2.24) is 24.7 Å². The standard InChI is InChI=1S/C14H14N6/c1-2-4-12-11(3-1)14(17-8-15-12)19-10-5-6-13-16-9-18-20(13)7-10/h1-4,8-10H,5-7H2,(H,15,17,19)/t10-/m0/s1. The van der Waals surface area contributed by atoms with Gasteiger partial charge in [0.05, 0.1) is 12.1 Å². The maximum Gasteiger partial charge on any atom is 0.138 e. The summed E-state index contributed by atoms with van der Waals surface area (Å²) < 4.78 is 1.96. The fraction of sp³-hybridized carbons (Fsp3) is 0.286. The minimum atomic E-state index is 0.322. The van der Waals surface area contributed by atoms with Gasteiger partial charge in [-0.05, 0) is 18.6 Å². The highest BCUT2D eigenvalue weighted by Gasteiger charge is 2.20. The van der Waals surface area contributed by atoms with E-state index in [0.717, 1.165) is 41.9 Å². The summed E-state index contributed by atoms with van der Waals surface area (Å²) in [5.74, 6) is 1.96. The number of benzene rings is 1. The Morgan fingerprint density at radius 1 is 1.10 bits per heavy atom. The van der Waals surface area contributed by atoms with E-state index >= 15 is 0 Å². The van der Waals surface area contributed by atoms with Crippen LogP contribution in [0.25, 0.3) is 10.9 Å². The molecule has 0 spiro atoms. The largest absolute Gasteiger partial charge is 0.365 e. The minimum absolute atomic E-state index is 0.322. The number of hydrogen-bond donors (Lipinski definition) is 1. The van der Waals surface area contributed by atoms with E-state index in [2.05, 4.69) is 25.4 Å². The second-order valence-corrected chi connectivity index (χ2v) is 4.98. The Bertz CT molecular complexity index is 745. The molecule has 0 saturated heterocycles. The molecule has 0 saturated carbocycles. The van der Waals surface area contributed by atoms with Gasteiger partial charge in [0.25, 0.3) is 0 Å². The summed E-state index contributed by atoms with van der Waals surface area (Å²) in [5, 5.41) is 8.81. The van der Waals surface area contributed by atoms with Crippen molar-refractivity contribution < 1.29 is 0 Å². The minimum Gasteiger partial charge on any atom is -0.365 e. The monoisotopic (exact) mass is 266 g/mol. The quantitative estimate of drug-likeness (QED) is 0.763. The fourth-order valence-electron chi connectivity index (χ4n) is 2.67. The lowest BCUT2D eigenvalue weighted by atomic mass is 10.1. The zero-order chi connectivity index (χ0) is 13.4. The highest BCUT2D eigenvalue weighted by molar-refractivity contribution is 5.88. The first-order valence-electron chi connectivity index (χ1n) is 6.73. The number of aryl methyl sites for hydroxylation is 1. The maximum atomic E-state index is 4.38. The number of para-hydroxylation sites is 1. The third-order valence-electron chi connectivity index (χ3n) is 3.69. The molecular weight excluding hydrogens is 252 g/mol. The van der Waals surface area contributed by atoms with Crippen molar-refractivity contribution in [3.05, 3.63) is 42.7 Å². The number of nitrogens with one attached hydrogen (secondary N) is 1. The Labute approximate surface area is 115 Å². The summed E-state index contributed by atoms with van der Waals surface area (Å²) in [4.78, 5) is 12.9. The van der Waals surface area contributed by atoms with Gasteiger partial charge in [-0.15, -0.1) is 0 Å². The number of hydrogen-bond acceptors (Lipinski definition) is 5. The van der Waals surface area contributed by atoms with Crippen LogP contribution >= 0.6 is 0 Å². The lowest BCUT2D eigenvalue weighted by Gasteiger charge is -2.24. The summed E-state index contributed by atoms with van der Waals surface area (Å²) in [6, 6.07) is 8.36. The predicted molar refractivity (Wildman–Crippen MR) is 75.3 cm³/mol. The number of nitrogens with zero attached hydrogens (tertiary/aromatic N) is 5. The van der Waals surface area contributed by atoms with Crippen LogP contribution < -0.4 is 5.32 Å². The molecule has 0 bridgehead atoms. The van der Waals surface area contributed by atoms with E-state index < -0.39 is 0 Å². The van der Waals surface area contributed by atoms with Gasteiger partial charge in [0.15, 0.2) is 0 Å². The van der Waals surface area contributed by atoms with Crippen LogP contribution in [0.5, 0.6) is 0 Å². The first kappa shape index (κ1) is 11.3. The van der Waals surface area contributed by atoms with Gasteiger partial charge in [0, 0.05) is 17.8 Å². The zero-order valence-corrected chi connectivity index (χ0v) is 10.9. The van der Waals surface area contributed by atoms with Crippen molar-refractivity contribution in [1.29, 1.82) is 0 Å². The third-order valence-corrected chi connectivity index (χ3v) is 3.69. The van der Waals surface area contributed by atoms with Crippen LogP contribution in [0.3, 0.4) is 0 Å². The number of aromatic nitrogens is 5. The van der Waals surface area contributed by atoms with Gasteiger partial charge in [-0.1, -0.05) is 12.1 Å². The molecule has 1 N–H and O–H groups in total. The second-order valence-electron chi connectivity index (χ2n) is 4.98. The molecule has 2 aromatic heterocycles. The first-order chi connectivity index (χ1) is 9.90. The molecule has 0 aliphatic carbocycles. The number of rotatable bonds is 2. The van der Waals surface area contributed by atoms with Crippen LogP contribution in [0.4, 0.5) is 5.82 Å². The van der Waals surface area contributed by atoms with Gasteiger partial charge in [-0.25, -0.2) is 19.6 Å². The lowest BCUT2D eigenvalue weighted by Crippen LogP contribution is -2.32. The van der Waals surface area contributed by atoms with Crippen molar-refractivity contribution in [3.8, 4) is 0 Å². The van der Waals surface area contributed by atoms with Crippen LogP contribution in [0.2, 0.25) is 0 Å². The topological polar surface area (TPSA) is 68.5 Å². The van der Waals surface area contributed by atoms with E-state index in [1.54, 1.807) is 12.7 Å². The van der Waals surface area contributed by atoms with Crippen LogP contribution in [0.15, 0.2) is 36.9 Å². The Balaban J connectivity index is 1.63. The smallest absolute Gasteiger partial charge is 0.138 e. The lowest BCUT2D eigenvalue weighted by molar-refractivity contribution is 0.441. The molecule has 1 aliphatic heterocycles. The van der Waals surface area contributed by atoms with Crippen molar-refractivity contribution in [3.63, 3.8) is 0 Å². The molecule has 1 aliphatic rings. The van der Waals surface area contributed by atoms with Gasteiger partial charge in [-0.2, -0.15) is 5.10 Å². The van der Waals surface area contributed by atoms with E-state index in [-0.39, 0.29) is 0 Å². The van der Waals surface area contributed by atoms with Crippen LogP contribution in [-0.2, 0) is 13.0 Å². The Morgan fingerprint density at radius 2 is 2.05 bits per heavy atom. The van der Waals surface area contributed by atoms with Crippen molar-refractivity contribution in [2.24, 2.45) is 0 Å². The van der Waals surface area contributed by atoms with Crippen molar-refractivity contribution in [2.45, 2.75) is 25.4 Å². The van der Waals surface area contributed by atoms with Crippen LogP contribution in [-0.4, -0.2) is 30.8 Å². The molecule has 0 radical (unpaired) electrons. The van der Waals surface area contributed by atoms with E-state index in [1.165, 1.54) is 0 Å². The molecule has 100 valence electrons. The normalized spacial score (nSPS) is 17.9. The van der Waals surface area contributed by atoms with Crippen molar-refractivity contribution >= 4 is 16.7 Å². The Morgan fingerprint density at radius 3 is 3.05 bits per heavy atom. The maximum absolute atomic E-state index is 4.38. The summed E-state index contributed by atoms with van der Waals surface area (Å²) in [6.45, 7) is 0.827. The molecule has 3 heterocycles. The van der Waals surface area contributed by atoms with Gasteiger partial charge >= 0.3 is 0 Å². The molecule has 20 heavy (non-hydrogen) atoms. The van der Waals surface area contributed by atoms with Gasteiger partial charge in [-0.3, -0.25) is 0 Å². The Hall–Kier alpha value is -2.50. The molecule has 6 nitrogen and oxygen atoms in total. The molecule has 0 unspecified atom stereocenters. The molecule has 1 aromatic carbocycles. The van der Waals surface area contributed by atoms with Crippen LogP contribution in [0.1, 0.15) is 12.2 Å². The summed E-state index contributed by atoms with van der Waals surface area (Å²) >= 11 is 0. The number of anilines is 1. The van der Waals surface area contributed by atoms with E-state index in [0.29, 0.717) is 6.04 Å². The molecule has 4 rings (SSSR count). The SMILES string of the molecule is c1ccc2c(N[C@H]3CCc4ncnn4C3)ncnc2c1. The molecular formula is C14H14N6. The van der Waals surface area contributed by atoms with E-state index in [4.69, 9.17) is 0 Å². The first-order valence-corrected chi connectivity index (χ1v) is 6.73. The highest BCUT2D eigenvalue weighted by atomic mass is 15.3. The molecule has 3 aromatic rings. The summed E-state index contributed by atoms with van der Waals surface area (Å²) in [7, 11) is 0. The fourth-order valence-corrected chi connectivity index (χ4v) is 2.67. The molecule has 1 atom stereocenters. The molecule has 0 fully saturated rings. The summed E-state index contributed by atoms with van der Waals surface area (Å²) in [6.07, 6.45) is 5.21. The summed E-state index contributed by atoms with van der Waals surface area (Å²) in [5.41, 5.74) is 0.960. The van der Waals surface area contributed by atoms with E-state index in [9.17, 15) is 0 Å². The number of fused-ring (bicyclic) bond motifs is 2. The van der Waals surface area contributed by atoms with Crippen molar-refractivity contribution in [2.75, 3.05) is 5.32 Å². The molecule has 0 amide bonds. The van der Waals surface area contributed by atoms with E-state index in [1.807, 2.05) is 28.9 Å². The van der Waals surface area contributed by atoms with Gasteiger partial charge < -0.3 is 5.32 Å². The Kier molecular flexibility index (Phi) is 2.58. The predicted octanol–water partition coefficient (Wildman–Crippen LogP) is 1.65. The van der Waals surface area contributed by atoms with Crippen LogP contribution in [0, 0.1) is 0 Å². The molecule has 6 heteroatoms. The van der Waals surface area contributed by atoms with Gasteiger partial charge in [0.2, 0.25) is 0 Å². The zero-order valence-electron chi connectivity index (χ0n) is 10.9.